The van der Waals surface area contributed by atoms with Gasteiger partial charge in [0.25, 0.3) is 0 Å². The SMILES string of the molecule is C[C@H](C/C=C/C(C)(C)O)[C@H]1CC[C@@]2(C)[C@H]3C=C[C@@]45OC[C@]3(CC[C@]12C)[C@H]4CC[C@H](O[C@@H]1O[C@H](CO)[C@@H](O)[C@H](O)[C@H]1O)C5(C)C. The first-order valence-corrected chi connectivity index (χ1v) is 17.2. The summed E-state index contributed by atoms with van der Waals surface area (Å²) in [6.07, 6.45) is 9.78. The molecule has 0 aromatic carbocycles. The Bertz CT molecular complexity index is 1140. The standard InChI is InChI=1S/C36H58O8/c1-21(9-8-14-31(2,3)41)22-12-15-34(7)24-13-16-36-25(35(24,20-42-36)18-17-33(22,34)6)10-11-26(32(36,4)5)44-30-29(40)28(39)27(38)23(19-37)43-30/h8,13-14,16,21-30,37-41H,9-12,15,17-20H2,1-7H3/b14-8+/t21-,22-,23-,24-,25-,26+,27-,28+,29-,30+,33-,34+,35+,36-/m1/s1. The van der Waals surface area contributed by atoms with Gasteiger partial charge < -0.3 is 39.7 Å². The summed E-state index contributed by atoms with van der Waals surface area (Å²) in [5, 5.41) is 51.2. The van der Waals surface area contributed by atoms with Crippen molar-refractivity contribution in [3.63, 3.8) is 0 Å². The van der Waals surface area contributed by atoms with Crippen LogP contribution in [0.15, 0.2) is 24.3 Å². The topological polar surface area (TPSA) is 129 Å². The molecule has 0 aromatic heterocycles. The zero-order valence-electron chi connectivity index (χ0n) is 27.9. The summed E-state index contributed by atoms with van der Waals surface area (Å²) in [6.45, 7) is 15.8. The number of ether oxygens (including phenoxy) is 3. The first kappa shape index (κ1) is 33.1. The normalized spacial score (nSPS) is 52.0. The largest absolute Gasteiger partial charge is 0.394 e. The van der Waals surface area contributed by atoms with Crippen LogP contribution in [0.25, 0.3) is 0 Å². The zero-order chi connectivity index (χ0) is 32.1. The number of hydrogen-bond acceptors (Lipinski definition) is 8. The van der Waals surface area contributed by atoms with Crippen molar-refractivity contribution in [1.82, 2.24) is 0 Å². The van der Waals surface area contributed by atoms with Crippen LogP contribution in [0, 0.1) is 45.3 Å². The van der Waals surface area contributed by atoms with Crippen molar-refractivity contribution >= 4 is 0 Å². The smallest absolute Gasteiger partial charge is 0.186 e. The van der Waals surface area contributed by atoms with Crippen molar-refractivity contribution < 1.29 is 39.7 Å². The molecule has 2 aliphatic heterocycles. The molecule has 14 atom stereocenters. The fourth-order valence-electron chi connectivity index (χ4n) is 11.5. The Balaban J connectivity index is 1.25. The first-order chi connectivity index (χ1) is 20.5. The van der Waals surface area contributed by atoms with Crippen LogP contribution in [0.3, 0.4) is 0 Å². The zero-order valence-corrected chi connectivity index (χ0v) is 27.9. The van der Waals surface area contributed by atoms with Crippen LogP contribution in [0.1, 0.15) is 93.4 Å². The molecule has 6 aliphatic rings. The highest BCUT2D eigenvalue weighted by atomic mass is 16.7. The van der Waals surface area contributed by atoms with Crippen LogP contribution >= 0.6 is 0 Å². The van der Waals surface area contributed by atoms with Crippen molar-refractivity contribution in [3.05, 3.63) is 24.3 Å². The van der Waals surface area contributed by atoms with Crippen LogP contribution in [0.5, 0.6) is 0 Å². The van der Waals surface area contributed by atoms with E-state index in [1.54, 1.807) is 0 Å². The minimum Gasteiger partial charge on any atom is -0.394 e. The summed E-state index contributed by atoms with van der Waals surface area (Å²) in [5.74, 6) is 1.99. The second-order valence-electron chi connectivity index (χ2n) is 17.1. The number of rotatable bonds is 7. The maximum Gasteiger partial charge on any atom is 0.186 e. The molecule has 250 valence electrons. The van der Waals surface area contributed by atoms with E-state index >= 15 is 0 Å². The molecule has 5 N–H and O–H groups in total. The summed E-state index contributed by atoms with van der Waals surface area (Å²) in [5.41, 5.74) is -1.24. The van der Waals surface area contributed by atoms with E-state index in [0.29, 0.717) is 23.7 Å². The maximum absolute atomic E-state index is 10.7. The maximum atomic E-state index is 10.7. The summed E-state index contributed by atoms with van der Waals surface area (Å²) < 4.78 is 19.2. The Kier molecular flexibility index (Phi) is 8.15. The fourth-order valence-corrected chi connectivity index (χ4v) is 11.5. The highest BCUT2D eigenvalue weighted by Crippen LogP contribution is 2.77. The molecule has 1 spiro atoms. The fraction of sp³-hybridized carbons (Fsp3) is 0.889. The van der Waals surface area contributed by atoms with E-state index in [-0.39, 0.29) is 22.3 Å². The molecule has 2 bridgehead atoms. The van der Waals surface area contributed by atoms with E-state index in [1.807, 2.05) is 19.9 Å². The van der Waals surface area contributed by atoms with Gasteiger partial charge in [-0.15, -0.1) is 0 Å². The summed E-state index contributed by atoms with van der Waals surface area (Å²) in [7, 11) is 0. The third-order valence-corrected chi connectivity index (χ3v) is 14.2. The van der Waals surface area contributed by atoms with Gasteiger partial charge in [-0.3, -0.25) is 0 Å². The van der Waals surface area contributed by atoms with Gasteiger partial charge in [0, 0.05) is 16.7 Å². The lowest BCUT2D eigenvalue weighted by atomic mass is 9.38. The molecule has 0 unspecified atom stereocenters. The third kappa shape index (κ3) is 4.52. The molecule has 0 aromatic rings. The highest BCUT2D eigenvalue weighted by Gasteiger charge is 2.75. The number of hydrogen-bond donors (Lipinski definition) is 5. The second-order valence-corrected chi connectivity index (χ2v) is 17.1. The first-order valence-electron chi connectivity index (χ1n) is 17.2. The number of aliphatic hydroxyl groups is 5. The van der Waals surface area contributed by atoms with Crippen LogP contribution in [-0.2, 0) is 14.2 Å². The van der Waals surface area contributed by atoms with E-state index in [4.69, 9.17) is 14.2 Å². The van der Waals surface area contributed by atoms with Gasteiger partial charge in [0.05, 0.1) is 30.5 Å². The average molecular weight is 619 g/mol. The molecule has 2 saturated heterocycles. The Morgan fingerprint density at radius 1 is 0.977 bits per heavy atom. The Hall–Kier alpha value is -0.840. The van der Waals surface area contributed by atoms with Gasteiger partial charge >= 0.3 is 0 Å². The van der Waals surface area contributed by atoms with E-state index in [2.05, 4.69) is 52.8 Å². The van der Waals surface area contributed by atoms with Crippen molar-refractivity contribution in [2.45, 2.75) is 141 Å². The lowest BCUT2D eigenvalue weighted by Crippen LogP contribution is -2.66. The Morgan fingerprint density at radius 3 is 2.39 bits per heavy atom. The van der Waals surface area contributed by atoms with Crippen molar-refractivity contribution in [3.8, 4) is 0 Å². The van der Waals surface area contributed by atoms with E-state index in [1.165, 1.54) is 19.3 Å². The minimum atomic E-state index is -1.46. The molecule has 3 saturated carbocycles. The molecule has 8 nitrogen and oxygen atoms in total. The number of aliphatic hydroxyl groups excluding tert-OH is 4. The molecular formula is C36H58O8. The van der Waals surface area contributed by atoms with Gasteiger partial charge in [-0.1, -0.05) is 58.9 Å². The van der Waals surface area contributed by atoms with Gasteiger partial charge in [-0.05, 0) is 87.4 Å². The van der Waals surface area contributed by atoms with Gasteiger partial charge in [0.1, 0.15) is 24.4 Å². The predicted octanol–water partition coefficient (Wildman–Crippen LogP) is 4.12. The molecule has 4 aliphatic carbocycles. The third-order valence-electron chi connectivity index (χ3n) is 14.2. The van der Waals surface area contributed by atoms with E-state index < -0.39 is 53.9 Å². The van der Waals surface area contributed by atoms with E-state index in [9.17, 15) is 25.5 Å². The molecule has 6 rings (SSSR count). The van der Waals surface area contributed by atoms with Crippen molar-refractivity contribution in [1.29, 1.82) is 0 Å². The van der Waals surface area contributed by atoms with Gasteiger partial charge in [0.15, 0.2) is 6.29 Å². The molecular weight excluding hydrogens is 560 g/mol. The monoisotopic (exact) mass is 618 g/mol. The number of fused-ring (bicyclic) bond motifs is 2. The molecule has 0 radical (unpaired) electrons. The lowest BCUT2D eigenvalue weighted by molar-refractivity contribution is -0.329. The molecule has 0 amide bonds. The summed E-state index contributed by atoms with van der Waals surface area (Å²) in [6, 6.07) is 0. The van der Waals surface area contributed by atoms with Gasteiger partial charge in [0.2, 0.25) is 0 Å². The van der Waals surface area contributed by atoms with Crippen molar-refractivity contribution in [2.24, 2.45) is 45.3 Å². The van der Waals surface area contributed by atoms with Crippen LogP contribution < -0.4 is 0 Å². The minimum absolute atomic E-state index is 0.0767. The molecule has 8 heteroatoms. The van der Waals surface area contributed by atoms with Gasteiger partial charge in [-0.25, -0.2) is 0 Å². The quantitative estimate of drug-likeness (QED) is 0.270. The van der Waals surface area contributed by atoms with Gasteiger partial charge in [-0.2, -0.15) is 0 Å². The van der Waals surface area contributed by atoms with E-state index in [0.717, 1.165) is 32.3 Å². The lowest BCUT2D eigenvalue weighted by Gasteiger charge is -2.65. The highest BCUT2D eigenvalue weighted by molar-refractivity contribution is 5.33. The van der Waals surface area contributed by atoms with Crippen molar-refractivity contribution in [2.75, 3.05) is 13.2 Å². The summed E-state index contributed by atoms with van der Waals surface area (Å²) in [4.78, 5) is 0. The summed E-state index contributed by atoms with van der Waals surface area (Å²) >= 11 is 0. The van der Waals surface area contributed by atoms with Crippen LogP contribution in [0.4, 0.5) is 0 Å². The Labute approximate surface area is 263 Å². The second kappa shape index (κ2) is 10.8. The molecule has 5 fully saturated rings. The average Bonchev–Trinajstić information content (AvgIpc) is 3.35. The Morgan fingerprint density at radius 2 is 1.70 bits per heavy atom. The van der Waals surface area contributed by atoms with Crippen LogP contribution in [0.2, 0.25) is 0 Å². The van der Waals surface area contributed by atoms with Crippen LogP contribution in [-0.4, -0.2) is 86.8 Å². The molecule has 44 heavy (non-hydrogen) atoms. The number of allylic oxidation sites excluding steroid dienone is 2. The predicted molar refractivity (Wildman–Crippen MR) is 166 cm³/mol. The molecule has 2 heterocycles.